The van der Waals surface area contributed by atoms with Crippen LogP contribution in [0.15, 0.2) is 12.1 Å². The van der Waals surface area contributed by atoms with Crippen LogP contribution in [0, 0.1) is 0 Å². The zero-order chi connectivity index (χ0) is 13.7. The van der Waals surface area contributed by atoms with Crippen molar-refractivity contribution in [2.24, 2.45) is 0 Å². The van der Waals surface area contributed by atoms with E-state index < -0.39 is 5.97 Å². The van der Waals surface area contributed by atoms with Crippen molar-refractivity contribution in [1.29, 1.82) is 0 Å². The number of carbonyl (C=O) groups is 1. The minimum Gasteiger partial charge on any atom is -0.476 e. The maximum atomic E-state index is 10.9. The van der Waals surface area contributed by atoms with Gasteiger partial charge < -0.3 is 15.2 Å². The number of nitrogens with one attached hydrogen (secondary N) is 1. The first kappa shape index (κ1) is 14.1. The topological polar surface area (TPSA) is 71.5 Å². The number of ether oxygens (including phenoxy) is 1. The van der Waals surface area contributed by atoms with Crippen molar-refractivity contribution in [1.82, 2.24) is 4.98 Å². The van der Waals surface area contributed by atoms with Crippen molar-refractivity contribution in [2.75, 3.05) is 18.5 Å². The Morgan fingerprint density at radius 1 is 1.53 bits per heavy atom. The summed E-state index contributed by atoms with van der Waals surface area (Å²) in [5.41, 5.74) is -0.124. The molecule has 0 spiro atoms. The molecule has 0 radical (unpaired) electrons. The minimum absolute atomic E-state index is 0.124. The van der Waals surface area contributed by atoms with Gasteiger partial charge in [-0.2, -0.15) is 0 Å². The Bertz CT molecular complexity index is 448. The fourth-order valence-electron chi connectivity index (χ4n) is 2.09. The van der Waals surface area contributed by atoms with E-state index in [1.807, 2.05) is 0 Å². The van der Waals surface area contributed by atoms with E-state index in [0.717, 1.165) is 25.9 Å². The first-order valence-electron chi connectivity index (χ1n) is 6.42. The maximum absolute atomic E-state index is 10.9. The molecule has 0 amide bonds. The number of carboxylic acid groups (broad SMARTS) is 1. The summed E-state index contributed by atoms with van der Waals surface area (Å²) in [6.45, 7) is 1.55. The molecule has 0 aliphatic carbocycles. The molecule has 0 aromatic carbocycles. The second-order valence-electron chi connectivity index (χ2n) is 4.54. The number of carboxylic acids is 1. The molecular formula is C13H17ClN2O3. The first-order chi connectivity index (χ1) is 9.16. The number of pyridine rings is 1. The Labute approximate surface area is 116 Å². The monoisotopic (exact) mass is 284 g/mol. The van der Waals surface area contributed by atoms with E-state index in [9.17, 15) is 4.79 Å². The summed E-state index contributed by atoms with van der Waals surface area (Å²) in [7, 11) is 0. The lowest BCUT2D eigenvalue weighted by Gasteiger charge is -2.22. The number of hydrogen-bond donors (Lipinski definition) is 2. The highest BCUT2D eigenvalue weighted by atomic mass is 35.5. The zero-order valence-corrected chi connectivity index (χ0v) is 11.3. The molecule has 2 N–H and O–H groups in total. The summed E-state index contributed by atoms with van der Waals surface area (Å²) in [4.78, 5) is 14.9. The van der Waals surface area contributed by atoms with E-state index in [-0.39, 0.29) is 10.7 Å². The first-order valence-corrected chi connectivity index (χ1v) is 6.80. The molecule has 1 fully saturated rings. The summed E-state index contributed by atoms with van der Waals surface area (Å²) in [5, 5.41) is 12.2. The molecule has 1 aliphatic heterocycles. The van der Waals surface area contributed by atoms with Crippen LogP contribution in [0.1, 0.15) is 36.2 Å². The molecule has 2 rings (SSSR count). The molecule has 1 aromatic rings. The number of rotatable bonds is 5. The normalized spacial score (nSPS) is 19.1. The number of aromatic nitrogens is 1. The van der Waals surface area contributed by atoms with E-state index in [2.05, 4.69) is 10.3 Å². The van der Waals surface area contributed by atoms with Crippen LogP contribution in [0.25, 0.3) is 0 Å². The van der Waals surface area contributed by atoms with Gasteiger partial charge >= 0.3 is 5.97 Å². The van der Waals surface area contributed by atoms with Crippen molar-refractivity contribution in [2.45, 2.75) is 31.8 Å². The van der Waals surface area contributed by atoms with Crippen LogP contribution in [-0.4, -0.2) is 35.3 Å². The minimum atomic E-state index is -1.12. The highest BCUT2D eigenvalue weighted by Gasteiger charge is 2.14. The molecule has 0 bridgehead atoms. The van der Waals surface area contributed by atoms with Crippen molar-refractivity contribution in [3.05, 3.63) is 22.8 Å². The quantitative estimate of drug-likeness (QED) is 0.870. The van der Waals surface area contributed by atoms with Gasteiger partial charge in [0.05, 0.1) is 11.1 Å². The van der Waals surface area contributed by atoms with Crippen LogP contribution >= 0.6 is 11.6 Å². The summed E-state index contributed by atoms with van der Waals surface area (Å²) in [5.74, 6) is -0.595. The van der Waals surface area contributed by atoms with Crippen molar-refractivity contribution < 1.29 is 14.6 Å². The summed E-state index contributed by atoms with van der Waals surface area (Å²) in [6.07, 6.45) is 4.65. The second-order valence-corrected chi connectivity index (χ2v) is 4.94. The Morgan fingerprint density at radius 2 is 2.37 bits per heavy atom. The molecule has 1 aliphatic rings. The summed E-state index contributed by atoms with van der Waals surface area (Å²) >= 11 is 5.76. The number of nitrogens with zero attached hydrogens (tertiary/aromatic N) is 1. The number of hydrogen-bond acceptors (Lipinski definition) is 4. The number of halogens is 1. The van der Waals surface area contributed by atoms with Crippen LogP contribution in [0.2, 0.25) is 5.02 Å². The average Bonchev–Trinajstić information content (AvgIpc) is 2.41. The van der Waals surface area contributed by atoms with Crippen LogP contribution in [-0.2, 0) is 4.74 Å². The van der Waals surface area contributed by atoms with Gasteiger partial charge in [-0.25, -0.2) is 9.78 Å². The Morgan fingerprint density at radius 3 is 3.05 bits per heavy atom. The number of anilines is 1. The molecule has 104 valence electrons. The second kappa shape index (κ2) is 6.73. The summed E-state index contributed by atoms with van der Waals surface area (Å²) in [6, 6.07) is 3.22. The summed E-state index contributed by atoms with van der Waals surface area (Å²) < 4.78 is 5.62. The Balaban J connectivity index is 1.85. The van der Waals surface area contributed by atoms with Gasteiger partial charge in [0.1, 0.15) is 5.82 Å². The lowest BCUT2D eigenvalue weighted by molar-refractivity contribution is 0.0134. The largest absolute Gasteiger partial charge is 0.476 e. The molecule has 1 saturated heterocycles. The SMILES string of the molecule is O=C(O)c1nc(NCCC2CCCCO2)ccc1Cl. The van der Waals surface area contributed by atoms with E-state index in [1.54, 1.807) is 6.07 Å². The van der Waals surface area contributed by atoms with E-state index in [0.29, 0.717) is 18.5 Å². The van der Waals surface area contributed by atoms with Crippen LogP contribution in [0.5, 0.6) is 0 Å². The van der Waals surface area contributed by atoms with Gasteiger partial charge in [0.15, 0.2) is 5.69 Å². The fourth-order valence-corrected chi connectivity index (χ4v) is 2.27. The highest BCUT2D eigenvalue weighted by molar-refractivity contribution is 6.33. The van der Waals surface area contributed by atoms with Crippen LogP contribution < -0.4 is 5.32 Å². The molecule has 1 aromatic heterocycles. The molecule has 1 atom stereocenters. The third-order valence-corrected chi connectivity index (χ3v) is 3.40. The van der Waals surface area contributed by atoms with Gasteiger partial charge in [0, 0.05) is 13.2 Å². The predicted octanol–water partition coefficient (Wildman–Crippen LogP) is 2.80. The van der Waals surface area contributed by atoms with Crippen molar-refractivity contribution in [3.8, 4) is 0 Å². The fraction of sp³-hybridized carbons (Fsp3) is 0.538. The molecule has 6 heteroatoms. The third kappa shape index (κ3) is 4.08. The van der Waals surface area contributed by atoms with Gasteiger partial charge in [-0.15, -0.1) is 0 Å². The van der Waals surface area contributed by atoms with E-state index >= 15 is 0 Å². The van der Waals surface area contributed by atoms with Gasteiger partial charge in [-0.1, -0.05) is 11.6 Å². The van der Waals surface area contributed by atoms with Gasteiger partial charge in [0.2, 0.25) is 0 Å². The molecule has 2 heterocycles. The highest BCUT2D eigenvalue weighted by Crippen LogP contribution is 2.18. The average molecular weight is 285 g/mol. The van der Waals surface area contributed by atoms with Crippen LogP contribution in [0.4, 0.5) is 5.82 Å². The zero-order valence-electron chi connectivity index (χ0n) is 10.6. The lowest BCUT2D eigenvalue weighted by Crippen LogP contribution is -2.22. The molecule has 19 heavy (non-hydrogen) atoms. The van der Waals surface area contributed by atoms with Crippen LogP contribution in [0.3, 0.4) is 0 Å². The Kier molecular flexibility index (Phi) is 4.99. The molecule has 1 unspecified atom stereocenters. The lowest BCUT2D eigenvalue weighted by atomic mass is 10.1. The maximum Gasteiger partial charge on any atom is 0.356 e. The van der Waals surface area contributed by atoms with E-state index in [1.165, 1.54) is 12.5 Å². The smallest absolute Gasteiger partial charge is 0.356 e. The van der Waals surface area contributed by atoms with Gasteiger partial charge in [-0.3, -0.25) is 0 Å². The van der Waals surface area contributed by atoms with Gasteiger partial charge in [-0.05, 0) is 37.8 Å². The van der Waals surface area contributed by atoms with Crippen molar-refractivity contribution >= 4 is 23.4 Å². The standard InChI is InChI=1S/C13H17ClN2O3/c14-10-4-5-11(16-12(10)13(17)18)15-7-6-9-3-1-2-8-19-9/h4-5,9H,1-3,6-8H2,(H,15,16)(H,17,18). The molecule has 5 nitrogen and oxygen atoms in total. The number of aromatic carboxylic acids is 1. The van der Waals surface area contributed by atoms with Crippen molar-refractivity contribution in [3.63, 3.8) is 0 Å². The molecule has 0 saturated carbocycles. The third-order valence-electron chi connectivity index (χ3n) is 3.10. The predicted molar refractivity (Wildman–Crippen MR) is 72.9 cm³/mol. The molecular weight excluding hydrogens is 268 g/mol. The van der Waals surface area contributed by atoms with E-state index in [4.69, 9.17) is 21.4 Å². The Hall–Kier alpha value is -1.33. The van der Waals surface area contributed by atoms with Gasteiger partial charge in [0.25, 0.3) is 0 Å².